The minimum absolute atomic E-state index is 0.0472. The molecule has 0 radical (unpaired) electrons. The van der Waals surface area contributed by atoms with Crippen LogP contribution in [0, 0.1) is 0 Å². The number of rotatable bonds is 6. The molecule has 55 heavy (non-hydrogen) atoms. The van der Waals surface area contributed by atoms with Crippen LogP contribution < -0.4 is 15.3 Å². The van der Waals surface area contributed by atoms with Gasteiger partial charge in [-0.3, -0.25) is 0 Å². The first-order chi connectivity index (χ1) is 26.4. The standard InChI is InChI=1S/C52H53BN2/c1-50(2,3)40-34-47-49-48(35-40)55(42-27-19-24-38(32-42)51(4,5)36-20-11-8-12-21-36)46-33-39(52(6,7)37-22-13-9-14-23-37)30-31-44(46)53(49)43-28-17-18-29-45(43)54(47)41-25-15-10-16-26-41/h8-28,30-35,44-46H,29H2,1-7H3. The smallest absolute Gasteiger partial charge is 0.221 e. The molecule has 2 heterocycles. The first-order valence-electron chi connectivity index (χ1n) is 20.3. The van der Waals surface area contributed by atoms with Gasteiger partial charge in [-0.2, -0.15) is 0 Å². The van der Waals surface area contributed by atoms with Crippen LogP contribution in [0.25, 0.3) is 0 Å². The van der Waals surface area contributed by atoms with E-state index in [1.165, 1.54) is 61.5 Å². The van der Waals surface area contributed by atoms with E-state index in [1.807, 2.05) is 0 Å². The predicted octanol–water partition coefficient (Wildman–Crippen LogP) is 12.3. The Kier molecular flexibility index (Phi) is 8.50. The molecule has 2 aliphatic heterocycles. The molecule has 0 fully saturated rings. The van der Waals surface area contributed by atoms with E-state index in [2.05, 4.69) is 222 Å². The lowest BCUT2D eigenvalue weighted by Crippen LogP contribution is -2.61. The third-order valence-corrected chi connectivity index (χ3v) is 13.2. The second-order valence-corrected chi connectivity index (χ2v) is 18.2. The highest BCUT2D eigenvalue weighted by Gasteiger charge is 2.52. The van der Waals surface area contributed by atoms with Gasteiger partial charge in [-0.25, -0.2) is 0 Å². The first kappa shape index (κ1) is 35.4. The van der Waals surface area contributed by atoms with E-state index >= 15 is 0 Å². The summed E-state index contributed by atoms with van der Waals surface area (Å²) in [6.07, 6.45) is 15.8. The topological polar surface area (TPSA) is 6.48 Å². The molecule has 0 saturated carbocycles. The van der Waals surface area contributed by atoms with Gasteiger partial charge in [0.25, 0.3) is 0 Å². The van der Waals surface area contributed by atoms with Crippen molar-refractivity contribution in [3.8, 4) is 0 Å². The number of nitrogens with zero attached hydrogens (tertiary/aromatic N) is 2. The molecule has 274 valence electrons. The van der Waals surface area contributed by atoms with E-state index in [1.54, 1.807) is 0 Å². The van der Waals surface area contributed by atoms with Gasteiger partial charge in [0.2, 0.25) is 6.71 Å². The number of anilines is 4. The van der Waals surface area contributed by atoms with Crippen LogP contribution in [0.2, 0.25) is 5.82 Å². The molecule has 0 saturated heterocycles. The van der Waals surface area contributed by atoms with Gasteiger partial charge in [-0.15, -0.1) is 0 Å². The summed E-state index contributed by atoms with van der Waals surface area (Å²) in [4.78, 5) is 5.40. The highest BCUT2D eigenvalue weighted by atomic mass is 15.2. The highest BCUT2D eigenvalue weighted by molar-refractivity contribution is 6.85. The van der Waals surface area contributed by atoms with Crippen molar-refractivity contribution >= 4 is 34.9 Å². The summed E-state index contributed by atoms with van der Waals surface area (Å²) in [5.41, 5.74) is 14.5. The van der Waals surface area contributed by atoms with Gasteiger partial charge < -0.3 is 9.80 Å². The Morgan fingerprint density at radius 1 is 0.582 bits per heavy atom. The van der Waals surface area contributed by atoms with Gasteiger partial charge >= 0.3 is 0 Å². The number of fused-ring (bicyclic) bond motifs is 4. The lowest BCUT2D eigenvalue weighted by Gasteiger charge is -2.54. The second-order valence-electron chi connectivity index (χ2n) is 18.2. The average molecular weight is 717 g/mol. The van der Waals surface area contributed by atoms with E-state index in [0.717, 1.165) is 6.42 Å². The maximum atomic E-state index is 2.73. The minimum Gasteiger partial charge on any atom is -0.335 e. The lowest BCUT2D eigenvalue weighted by atomic mass is 9.27. The fourth-order valence-corrected chi connectivity index (χ4v) is 9.84. The Labute approximate surface area is 329 Å². The summed E-state index contributed by atoms with van der Waals surface area (Å²) in [7, 11) is 0. The molecule has 3 heteroatoms. The van der Waals surface area contributed by atoms with Crippen LogP contribution in [-0.4, -0.2) is 18.8 Å². The van der Waals surface area contributed by atoms with Crippen molar-refractivity contribution in [1.29, 1.82) is 0 Å². The summed E-state index contributed by atoms with van der Waals surface area (Å²) in [6, 6.07) is 48.1. The molecular formula is C52H53BN2. The zero-order valence-corrected chi connectivity index (χ0v) is 33.5. The molecule has 2 aliphatic carbocycles. The van der Waals surface area contributed by atoms with Crippen LogP contribution in [0.15, 0.2) is 175 Å². The Balaban J connectivity index is 1.33. The van der Waals surface area contributed by atoms with Crippen LogP contribution in [0.5, 0.6) is 0 Å². The molecule has 2 nitrogen and oxygen atoms in total. The van der Waals surface area contributed by atoms with Crippen molar-refractivity contribution in [1.82, 2.24) is 0 Å². The molecule has 0 spiro atoms. The maximum Gasteiger partial charge on any atom is 0.221 e. The Bertz CT molecular complexity index is 2360. The van der Waals surface area contributed by atoms with Gasteiger partial charge in [0.15, 0.2) is 0 Å². The van der Waals surface area contributed by atoms with Gasteiger partial charge in [0.05, 0.1) is 12.1 Å². The van der Waals surface area contributed by atoms with Crippen molar-refractivity contribution in [3.05, 3.63) is 197 Å². The normalized spacial score (nSPS) is 20.3. The molecular weight excluding hydrogens is 663 g/mol. The molecule has 3 atom stereocenters. The first-order valence-corrected chi connectivity index (χ1v) is 20.3. The van der Waals surface area contributed by atoms with Crippen molar-refractivity contribution in [2.24, 2.45) is 0 Å². The third-order valence-electron chi connectivity index (χ3n) is 13.2. The van der Waals surface area contributed by atoms with Gasteiger partial charge in [0.1, 0.15) is 0 Å². The molecule has 0 aromatic heterocycles. The largest absolute Gasteiger partial charge is 0.335 e. The highest BCUT2D eigenvalue weighted by Crippen LogP contribution is 2.52. The fraction of sp³-hybridized carbons (Fsp3) is 0.269. The van der Waals surface area contributed by atoms with Crippen molar-refractivity contribution in [3.63, 3.8) is 0 Å². The molecule has 0 N–H and O–H groups in total. The summed E-state index contributed by atoms with van der Waals surface area (Å²) in [6.45, 7) is 16.9. The van der Waals surface area contributed by atoms with Crippen molar-refractivity contribution < 1.29 is 0 Å². The summed E-state index contributed by atoms with van der Waals surface area (Å²) in [5.74, 6) is 0.256. The molecule has 5 aromatic rings. The number of hydrogen-bond acceptors (Lipinski definition) is 2. The number of para-hydroxylation sites is 1. The maximum absolute atomic E-state index is 2.73. The third kappa shape index (κ3) is 5.86. The molecule has 9 rings (SSSR count). The predicted molar refractivity (Wildman–Crippen MR) is 236 cm³/mol. The van der Waals surface area contributed by atoms with Crippen LogP contribution in [0.1, 0.15) is 77.1 Å². The summed E-state index contributed by atoms with van der Waals surface area (Å²) >= 11 is 0. The van der Waals surface area contributed by atoms with Gasteiger partial charge in [-0.05, 0) is 87.3 Å². The second kappa shape index (κ2) is 13.2. The quantitative estimate of drug-likeness (QED) is 0.161. The van der Waals surface area contributed by atoms with Crippen LogP contribution in [-0.2, 0) is 16.2 Å². The number of benzene rings is 5. The van der Waals surface area contributed by atoms with Crippen LogP contribution in [0.4, 0.5) is 22.7 Å². The van der Waals surface area contributed by atoms with Crippen molar-refractivity contribution in [2.45, 2.75) is 89.0 Å². The Hall–Kier alpha value is -5.28. The van der Waals surface area contributed by atoms with Crippen molar-refractivity contribution in [2.75, 3.05) is 9.80 Å². The van der Waals surface area contributed by atoms with E-state index < -0.39 is 0 Å². The lowest BCUT2D eigenvalue weighted by molar-refractivity contribution is 0.588. The Morgan fingerprint density at radius 3 is 1.82 bits per heavy atom. The molecule has 3 unspecified atom stereocenters. The molecule has 0 amide bonds. The summed E-state index contributed by atoms with van der Waals surface area (Å²) < 4.78 is 0. The summed E-state index contributed by atoms with van der Waals surface area (Å²) in [5, 5.41) is 0. The molecule has 0 bridgehead atoms. The minimum atomic E-state index is -0.166. The zero-order valence-electron chi connectivity index (χ0n) is 33.5. The van der Waals surface area contributed by atoms with Gasteiger partial charge in [0, 0.05) is 33.6 Å². The fourth-order valence-electron chi connectivity index (χ4n) is 9.84. The van der Waals surface area contributed by atoms with Crippen LogP contribution in [0.3, 0.4) is 0 Å². The van der Waals surface area contributed by atoms with Crippen LogP contribution >= 0.6 is 0 Å². The van der Waals surface area contributed by atoms with E-state index in [4.69, 9.17) is 0 Å². The number of allylic oxidation sites excluding steroid dienone is 4. The number of hydrogen-bond donors (Lipinski definition) is 0. The molecule has 5 aromatic carbocycles. The van der Waals surface area contributed by atoms with E-state index in [9.17, 15) is 0 Å². The van der Waals surface area contributed by atoms with Gasteiger partial charge in [-0.1, -0.05) is 181 Å². The monoisotopic (exact) mass is 716 g/mol. The SMILES string of the molecule is CC(C)(C)c1cc2c3c(c1)N(c1cccc(C(C)(C)c4ccccc4)c1)C1C=C(C(C)(C)c4ccccc4)C=CC1B3C1=CC=CCC1N2c1ccccc1. The average Bonchev–Trinajstić information content (AvgIpc) is 3.21. The molecule has 4 aliphatic rings. The Morgan fingerprint density at radius 2 is 1.16 bits per heavy atom. The van der Waals surface area contributed by atoms with E-state index in [0.29, 0.717) is 0 Å². The zero-order chi connectivity index (χ0) is 38.1. The van der Waals surface area contributed by atoms with E-state index in [-0.39, 0.29) is 40.9 Å².